The molecule has 47 heavy (non-hydrogen) atoms. The Balaban J connectivity index is 1.29. The molecule has 3 aliphatic rings. The summed E-state index contributed by atoms with van der Waals surface area (Å²) in [6, 6.07) is 20.7. The smallest absolute Gasteiger partial charge is 0.227 e. The van der Waals surface area contributed by atoms with Gasteiger partial charge >= 0.3 is 0 Å². The maximum atomic E-state index is 6.51. The molecule has 4 nitrogen and oxygen atoms in total. The van der Waals surface area contributed by atoms with Crippen molar-refractivity contribution in [1.29, 1.82) is 0 Å². The Morgan fingerprint density at radius 3 is 2.57 bits per heavy atom. The average Bonchev–Trinajstić information content (AvgIpc) is 3.69. The highest BCUT2D eigenvalue weighted by Gasteiger charge is 2.42. The van der Waals surface area contributed by atoms with Crippen molar-refractivity contribution in [3.63, 3.8) is 0 Å². The molecule has 0 radical (unpaired) electrons. The molecule has 5 heterocycles. The van der Waals surface area contributed by atoms with Crippen LogP contribution in [-0.4, -0.2) is 18.8 Å². The van der Waals surface area contributed by atoms with E-state index in [1.807, 2.05) is 13.0 Å². The number of pyridine rings is 2. The molecular weight excluding hydrogens is 591 g/mol. The van der Waals surface area contributed by atoms with Gasteiger partial charge in [0.2, 0.25) is 11.4 Å². The number of allylic oxidation sites excluding steroid dienone is 2. The topological polar surface area (TPSA) is 42.3 Å². The summed E-state index contributed by atoms with van der Waals surface area (Å²) in [5.74, 6) is 1.15. The predicted molar refractivity (Wildman–Crippen MR) is 198 cm³/mol. The van der Waals surface area contributed by atoms with Crippen LogP contribution in [0.4, 0.5) is 0 Å². The van der Waals surface area contributed by atoms with Crippen molar-refractivity contribution >= 4 is 41.0 Å². The summed E-state index contributed by atoms with van der Waals surface area (Å²) in [5.41, 5.74) is 12.2. The summed E-state index contributed by atoms with van der Waals surface area (Å²) in [6.07, 6.45) is 13.9. The number of aryl methyl sites for hydroxylation is 2. The molecule has 2 aliphatic heterocycles. The normalized spacial score (nSPS) is 20.0. The van der Waals surface area contributed by atoms with Gasteiger partial charge in [0.15, 0.2) is 12.2 Å². The van der Waals surface area contributed by atoms with Crippen molar-refractivity contribution in [2.24, 2.45) is 10.9 Å². The summed E-state index contributed by atoms with van der Waals surface area (Å²) in [7, 11) is -1.62. The number of aromatic nitrogens is 2. The van der Waals surface area contributed by atoms with Crippen LogP contribution in [0.15, 0.2) is 95.1 Å². The Morgan fingerprint density at radius 2 is 1.79 bits per heavy atom. The van der Waals surface area contributed by atoms with E-state index in [2.05, 4.69) is 98.2 Å². The zero-order valence-corrected chi connectivity index (χ0v) is 29.4. The molecule has 0 N–H and O–H groups in total. The minimum atomic E-state index is -1.62. The predicted octanol–water partition coefficient (Wildman–Crippen LogP) is 9.69. The molecule has 0 spiro atoms. The third-order valence-corrected chi connectivity index (χ3v) is 13.1. The number of benzene rings is 2. The molecule has 5 heteroatoms. The Kier molecular flexibility index (Phi) is 7.44. The number of rotatable bonds is 4. The second-order valence-electron chi connectivity index (χ2n) is 15.3. The second kappa shape index (κ2) is 11.6. The van der Waals surface area contributed by atoms with Gasteiger partial charge in [0, 0.05) is 50.5 Å². The number of hydrogen-bond donors (Lipinski definition) is 0. The second-order valence-corrected chi connectivity index (χ2v) is 20.3. The lowest BCUT2D eigenvalue weighted by Gasteiger charge is -2.33. The third-order valence-electron chi connectivity index (χ3n) is 11.1. The molecule has 2 atom stereocenters. The minimum Gasteiger partial charge on any atom is -0.437 e. The van der Waals surface area contributed by atoms with E-state index in [1.165, 1.54) is 54.5 Å². The highest BCUT2D eigenvalue weighted by Crippen LogP contribution is 2.45. The molecule has 238 valence electrons. The van der Waals surface area contributed by atoms with Crippen molar-refractivity contribution in [2.75, 3.05) is 0 Å². The standard InChI is InChI=1S/C42H46N3OSi/c1-7-36-40-29(18-21-34-35-19-16-26(2)44-42(35)46-41(34)40)17-20-33-31-14-10-11-15-32(31)38-24-30(23-28-12-8-9-13-28)39(47(4,5)6)25-45(38)37(33)22-27(3)43-36/h7,10-11,14-16,18-19,21,24-25,28,33,37H,1,3,8-9,12-13,17,20,22-23H2,2,4-6H3/q+1. The first-order valence-electron chi connectivity index (χ1n) is 17.6. The van der Waals surface area contributed by atoms with Gasteiger partial charge in [0.1, 0.15) is 5.58 Å². The summed E-state index contributed by atoms with van der Waals surface area (Å²) in [4.78, 5) is 9.94. The van der Waals surface area contributed by atoms with Gasteiger partial charge in [0.05, 0.1) is 20.2 Å². The molecule has 0 bridgehead atoms. The quantitative estimate of drug-likeness (QED) is 0.146. The van der Waals surface area contributed by atoms with Crippen LogP contribution in [0, 0.1) is 12.8 Å². The van der Waals surface area contributed by atoms with Gasteiger partial charge in [-0.15, -0.1) is 0 Å². The van der Waals surface area contributed by atoms with Crippen LogP contribution >= 0.6 is 0 Å². The van der Waals surface area contributed by atoms with Crippen LogP contribution in [0.3, 0.4) is 0 Å². The van der Waals surface area contributed by atoms with E-state index in [-0.39, 0.29) is 6.04 Å². The summed E-state index contributed by atoms with van der Waals surface area (Å²) >= 11 is 0. The van der Waals surface area contributed by atoms with Crippen molar-refractivity contribution in [2.45, 2.75) is 89.9 Å². The van der Waals surface area contributed by atoms with E-state index in [1.54, 1.807) is 10.8 Å². The monoisotopic (exact) mass is 636 g/mol. The maximum Gasteiger partial charge on any atom is 0.227 e. The first-order chi connectivity index (χ1) is 22.7. The fourth-order valence-corrected chi connectivity index (χ4v) is 10.5. The van der Waals surface area contributed by atoms with Gasteiger partial charge in [-0.05, 0) is 73.1 Å². The van der Waals surface area contributed by atoms with Gasteiger partial charge in [-0.25, -0.2) is 4.98 Å². The number of hydrogen-bond acceptors (Lipinski definition) is 3. The first-order valence-corrected chi connectivity index (χ1v) is 21.1. The van der Waals surface area contributed by atoms with E-state index < -0.39 is 8.07 Å². The fourth-order valence-electron chi connectivity index (χ4n) is 8.83. The van der Waals surface area contributed by atoms with Gasteiger partial charge in [-0.2, -0.15) is 4.57 Å². The minimum absolute atomic E-state index is 0.238. The van der Waals surface area contributed by atoms with E-state index >= 15 is 0 Å². The van der Waals surface area contributed by atoms with Gasteiger partial charge in [-0.1, -0.05) is 88.8 Å². The highest BCUT2D eigenvalue weighted by atomic mass is 28.3. The fraction of sp³-hybridized carbons (Fsp3) is 0.357. The van der Waals surface area contributed by atoms with Crippen LogP contribution in [-0.2, 0) is 12.8 Å². The van der Waals surface area contributed by atoms with Crippen LogP contribution in [0.2, 0.25) is 19.6 Å². The Labute approximate surface area is 280 Å². The summed E-state index contributed by atoms with van der Waals surface area (Å²) < 4.78 is 9.16. The number of aliphatic imine (C=N–C) groups is 1. The maximum absolute atomic E-state index is 6.51. The Morgan fingerprint density at radius 1 is 1.00 bits per heavy atom. The number of nitrogens with zero attached hydrogens (tertiary/aromatic N) is 3. The van der Waals surface area contributed by atoms with Crippen LogP contribution in [0.1, 0.15) is 78.4 Å². The number of furan rings is 1. The zero-order chi connectivity index (χ0) is 32.4. The van der Waals surface area contributed by atoms with Gasteiger partial charge < -0.3 is 4.42 Å². The van der Waals surface area contributed by atoms with Gasteiger partial charge in [-0.3, -0.25) is 4.99 Å². The van der Waals surface area contributed by atoms with Crippen LogP contribution < -0.4 is 9.75 Å². The molecule has 3 aromatic heterocycles. The molecule has 1 aliphatic carbocycles. The number of fused-ring (bicyclic) bond motifs is 11. The molecule has 2 unspecified atom stereocenters. The summed E-state index contributed by atoms with van der Waals surface area (Å²) in [6.45, 7) is 18.4. The zero-order valence-electron chi connectivity index (χ0n) is 28.4. The molecule has 1 fully saturated rings. The van der Waals surface area contributed by atoms with E-state index in [9.17, 15) is 0 Å². The van der Waals surface area contributed by atoms with E-state index in [0.29, 0.717) is 11.6 Å². The molecule has 0 amide bonds. The molecule has 5 aromatic rings. The highest BCUT2D eigenvalue weighted by molar-refractivity contribution is 6.89. The van der Waals surface area contributed by atoms with Crippen molar-refractivity contribution in [3.8, 4) is 11.3 Å². The third kappa shape index (κ3) is 5.24. The molecule has 1 saturated carbocycles. The van der Waals surface area contributed by atoms with Crippen molar-refractivity contribution < 1.29 is 8.98 Å². The van der Waals surface area contributed by atoms with E-state index in [4.69, 9.17) is 14.4 Å². The SMILES string of the molecule is C=CC1=NC(=C)CC2C(CCc3ccc4c(oc5nc(C)ccc54)c31)c1ccccc1-c1cc(CC3CCCC3)c([Si](C)(C)C)c[n+]12. The lowest BCUT2D eigenvalue weighted by atomic mass is 9.77. The Bertz CT molecular complexity index is 2110. The van der Waals surface area contributed by atoms with Crippen LogP contribution in [0.5, 0.6) is 0 Å². The molecule has 8 rings (SSSR count). The Hall–Kier alpha value is -4.09. The molecule has 0 saturated heterocycles. The lowest BCUT2D eigenvalue weighted by Crippen LogP contribution is -2.54. The first kappa shape index (κ1) is 30.3. The van der Waals surface area contributed by atoms with E-state index in [0.717, 1.165) is 64.2 Å². The average molecular weight is 637 g/mol. The van der Waals surface area contributed by atoms with Crippen LogP contribution in [0.25, 0.3) is 33.3 Å². The molecular formula is C42H46N3OSi+. The van der Waals surface area contributed by atoms with Crippen molar-refractivity contribution in [1.82, 2.24) is 4.98 Å². The lowest BCUT2D eigenvalue weighted by molar-refractivity contribution is -0.717. The largest absolute Gasteiger partial charge is 0.437 e. The summed E-state index contributed by atoms with van der Waals surface area (Å²) in [5, 5.41) is 3.72. The van der Waals surface area contributed by atoms with Gasteiger partial charge in [0.25, 0.3) is 0 Å². The molecule has 2 aromatic carbocycles. The van der Waals surface area contributed by atoms with Crippen molar-refractivity contribution in [3.05, 3.63) is 114 Å².